The molecule has 2 heteroatoms. The predicted molar refractivity (Wildman–Crippen MR) is 59.7 cm³/mol. The summed E-state index contributed by atoms with van der Waals surface area (Å²) in [5.41, 5.74) is 1.25. The number of benzene rings is 1. The third kappa shape index (κ3) is 3.05. The molecule has 0 aliphatic heterocycles. The minimum absolute atomic E-state index is 0.404. The Bertz CT molecular complexity index is 278. The normalized spacial score (nSPS) is 24.9. The van der Waals surface area contributed by atoms with Crippen LogP contribution in [-0.2, 0) is 16.1 Å². The van der Waals surface area contributed by atoms with Gasteiger partial charge in [0.05, 0.1) is 18.8 Å². The molecule has 0 N–H and O–H groups in total. The van der Waals surface area contributed by atoms with Crippen molar-refractivity contribution in [2.24, 2.45) is 0 Å². The highest BCUT2D eigenvalue weighted by Gasteiger charge is 2.30. The van der Waals surface area contributed by atoms with Gasteiger partial charge < -0.3 is 9.47 Å². The highest BCUT2D eigenvalue weighted by molar-refractivity contribution is 5.13. The van der Waals surface area contributed by atoms with Gasteiger partial charge >= 0.3 is 0 Å². The van der Waals surface area contributed by atoms with Crippen molar-refractivity contribution in [2.75, 3.05) is 6.61 Å². The van der Waals surface area contributed by atoms with Crippen molar-refractivity contribution < 1.29 is 9.47 Å². The lowest BCUT2D eigenvalue weighted by Crippen LogP contribution is -2.37. The summed E-state index contributed by atoms with van der Waals surface area (Å²) in [5.74, 6) is 0. The highest BCUT2D eigenvalue weighted by atomic mass is 16.5. The predicted octanol–water partition coefficient (Wildman–Crippen LogP) is 2.77. The average molecular weight is 206 g/mol. The maximum absolute atomic E-state index is 5.76. The van der Waals surface area contributed by atoms with E-state index in [-0.39, 0.29) is 0 Å². The van der Waals surface area contributed by atoms with E-state index >= 15 is 0 Å². The van der Waals surface area contributed by atoms with Crippen LogP contribution in [0, 0.1) is 0 Å². The molecule has 0 bridgehead atoms. The molecular formula is C13H18O2. The smallest absolute Gasteiger partial charge is 0.0720 e. The van der Waals surface area contributed by atoms with Gasteiger partial charge in [-0.3, -0.25) is 0 Å². The van der Waals surface area contributed by atoms with Crippen molar-refractivity contribution in [3.8, 4) is 0 Å². The molecule has 2 nitrogen and oxygen atoms in total. The molecule has 0 atom stereocenters. The third-order valence-corrected chi connectivity index (χ3v) is 2.78. The van der Waals surface area contributed by atoms with Crippen LogP contribution in [0.25, 0.3) is 0 Å². The van der Waals surface area contributed by atoms with Crippen LogP contribution < -0.4 is 0 Å². The van der Waals surface area contributed by atoms with Gasteiger partial charge in [-0.15, -0.1) is 0 Å². The van der Waals surface area contributed by atoms with E-state index in [1.54, 1.807) is 0 Å². The quantitative estimate of drug-likeness (QED) is 0.737. The topological polar surface area (TPSA) is 18.5 Å². The molecular weight excluding hydrogens is 188 g/mol. The summed E-state index contributed by atoms with van der Waals surface area (Å²) in [7, 11) is 0. The minimum Gasteiger partial charge on any atom is -0.378 e. The molecule has 1 aliphatic carbocycles. The summed E-state index contributed by atoms with van der Waals surface area (Å²) in [4.78, 5) is 0. The standard InChI is InChI=1S/C13H18O2/c1-2-14-12-8-13(9-12)15-10-11-6-4-3-5-7-11/h3-7,12-13H,2,8-10H2,1H3. The lowest BCUT2D eigenvalue weighted by atomic mass is 9.92. The SMILES string of the molecule is CCOC1CC(OCc2ccccc2)C1. The molecule has 2 rings (SSSR count). The first-order valence-corrected chi connectivity index (χ1v) is 5.65. The van der Waals surface area contributed by atoms with Crippen molar-refractivity contribution in [1.82, 2.24) is 0 Å². The second-order valence-corrected chi connectivity index (χ2v) is 3.97. The van der Waals surface area contributed by atoms with Gasteiger partial charge in [0.1, 0.15) is 0 Å². The van der Waals surface area contributed by atoms with E-state index in [2.05, 4.69) is 12.1 Å². The van der Waals surface area contributed by atoms with Crippen LogP contribution in [-0.4, -0.2) is 18.8 Å². The van der Waals surface area contributed by atoms with E-state index in [1.807, 2.05) is 25.1 Å². The molecule has 0 saturated heterocycles. The second-order valence-electron chi connectivity index (χ2n) is 3.97. The first-order valence-electron chi connectivity index (χ1n) is 5.65. The van der Waals surface area contributed by atoms with Crippen LogP contribution >= 0.6 is 0 Å². The molecule has 0 radical (unpaired) electrons. The molecule has 1 fully saturated rings. The van der Waals surface area contributed by atoms with E-state index in [1.165, 1.54) is 5.56 Å². The number of hydrogen-bond donors (Lipinski definition) is 0. The van der Waals surface area contributed by atoms with Gasteiger partial charge in [0.25, 0.3) is 0 Å². The number of rotatable bonds is 5. The van der Waals surface area contributed by atoms with Crippen LogP contribution in [0.15, 0.2) is 30.3 Å². The fourth-order valence-electron chi connectivity index (χ4n) is 1.81. The first-order chi connectivity index (χ1) is 7.38. The van der Waals surface area contributed by atoms with Crippen LogP contribution in [0.3, 0.4) is 0 Å². The van der Waals surface area contributed by atoms with E-state index < -0.39 is 0 Å². The molecule has 0 spiro atoms. The molecule has 82 valence electrons. The van der Waals surface area contributed by atoms with E-state index in [9.17, 15) is 0 Å². The van der Waals surface area contributed by atoms with Crippen molar-refractivity contribution in [3.63, 3.8) is 0 Å². The lowest BCUT2D eigenvalue weighted by molar-refractivity contribution is -0.104. The maximum atomic E-state index is 5.76. The van der Waals surface area contributed by atoms with Crippen LogP contribution in [0.1, 0.15) is 25.3 Å². The van der Waals surface area contributed by atoms with Crippen LogP contribution in [0.2, 0.25) is 0 Å². The van der Waals surface area contributed by atoms with E-state index in [4.69, 9.17) is 9.47 Å². The Balaban J connectivity index is 1.64. The van der Waals surface area contributed by atoms with Crippen molar-refractivity contribution in [3.05, 3.63) is 35.9 Å². The molecule has 1 aliphatic rings. The molecule has 1 aromatic carbocycles. The fourth-order valence-corrected chi connectivity index (χ4v) is 1.81. The highest BCUT2D eigenvalue weighted by Crippen LogP contribution is 2.26. The number of ether oxygens (including phenoxy) is 2. The van der Waals surface area contributed by atoms with Crippen LogP contribution in [0.4, 0.5) is 0 Å². The van der Waals surface area contributed by atoms with Crippen molar-refractivity contribution in [2.45, 2.75) is 38.6 Å². The summed E-state index contributed by atoms with van der Waals surface area (Å²) in [6, 6.07) is 10.3. The van der Waals surface area contributed by atoms with Gasteiger partial charge in [0, 0.05) is 6.61 Å². The third-order valence-electron chi connectivity index (χ3n) is 2.78. The Morgan fingerprint density at radius 1 is 1.07 bits per heavy atom. The molecule has 1 aromatic rings. The van der Waals surface area contributed by atoms with Gasteiger partial charge in [-0.25, -0.2) is 0 Å². The van der Waals surface area contributed by atoms with E-state index in [0.29, 0.717) is 12.2 Å². The first kappa shape index (κ1) is 10.7. The summed E-state index contributed by atoms with van der Waals surface area (Å²) in [6.45, 7) is 3.58. The monoisotopic (exact) mass is 206 g/mol. The maximum Gasteiger partial charge on any atom is 0.0720 e. The van der Waals surface area contributed by atoms with Gasteiger partial charge in [0.15, 0.2) is 0 Å². The molecule has 0 amide bonds. The zero-order valence-corrected chi connectivity index (χ0v) is 9.19. The minimum atomic E-state index is 0.404. The molecule has 0 heterocycles. The Morgan fingerprint density at radius 2 is 1.73 bits per heavy atom. The van der Waals surface area contributed by atoms with Crippen molar-refractivity contribution in [1.29, 1.82) is 0 Å². The second kappa shape index (κ2) is 5.29. The lowest BCUT2D eigenvalue weighted by Gasteiger charge is -2.34. The Labute approximate surface area is 91.2 Å². The number of hydrogen-bond acceptors (Lipinski definition) is 2. The summed E-state index contributed by atoms with van der Waals surface area (Å²) in [6.07, 6.45) is 2.96. The Kier molecular flexibility index (Phi) is 3.75. The van der Waals surface area contributed by atoms with Crippen molar-refractivity contribution >= 4 is 0 Å². The summed E-state index contributed by atoms with van der Waals surface area (Å²) in [5, 5.41) is 0. The van der Waals surface area contributed by atoms with Gasteiger partial charge in [0.2, 0.25) is 0 Å². The van der Waals surface area contributed by atoms with Gasteiger partial charge in [-0.05, 0) is 25.3 Å². The van der Waals surface area contributed by atoms with Gasteiger partial charge in [-0.1, -0.05) is 30.3 Å². The molecule has 0 aromatic heterocycles. The fraction of sp³-hybridized carbons (Fsp3) is 0.538. The largest absolute Gasteiger partial charge is 0.378 e. The summed E-state index contributed by atoms with van der Waals surface area (Å²) < 4.78 is 11.2. The zero-order valence-electron chi connectivity index (χ0n) is 9.19. The average Bonchev–Trinajstić information content (AvgIpc) is 2.23. The zero-order chi connectivity index (χ0) is 10.5. The Hall–Kier alpha value is -0.860. The van der Waals surface area contributed by atoms with E-state index in [0.717, 1.165) is 26.1 Å². The Morgan fingerprint density at radius 3 is 2.40 bits per heavy atom. The molecule has 15 heavy (non-hydrogen) atoms. The van der Waals surface area contributed by atoms with Gasteiger partial charge in [-0.2, -0.15) is 0 Å². The molecule has 1 saturated carbocycles. The van der Waals surface area contributed by atoms with Crippen LogP contribution in [0.5, 0.6) is 0 Å². The summed E-state index contributed by atoms with van der Waals surface area (Å²) >= 11 is 0. The molecule has 0 unspecified atom stereocenters.